The molecule has 3 aromatic rings. The number of esters is 1. The lowest BCUT2D eigenvalue weighted by Gasteiger charge is -2.33. The third kappa shape index (κ3) is 4.02. The van der Waals surface area contributed by atoms with Gasteiger partial charge in [0.2, 0.25) is 0 Å². The lowest BCUT2D eigenvalue weighted by molar-refractivity contribution is 0.0526. The quantitative estimate of drug-likeness (QED) is 0.446. The highest BCUT2D eigenvalue weighted by Gasteiger charge is 2.36. The number of nitrogens with one attached hydrogen (secondary N) is 1. The molecule has 2 aromatic heterocycles. The van der Waals surface area contributed by atoms with Gasteiger partial charge >= 0.3 is 12.0 Å². The van der Waals surface area contributed by atoms with E-state index in [1.165, 1.54) is 33.8 Å². The molecule has 0 unspecified atom stereocenters. The standard InChI is InChI=1S/C27H31N3O3S/c1-4-33-26(31)18-9-7-10-19(15-18)28-27(32)30-16-21-20-11-5-6-13-23(20)34-25(21)29-14-8-12-22(29)24(30)17(2)3/h7-10,12,14-15,17,24H,4-6,11,13,16H2,1-3H3,(H,28,32)/t24-/m0/s1. The highest BCUT2D eigenvalue weighted by atomic mass is 32.1. The summed E-state index contributed by atoms with van der Waals surface area (Å²) < 4.78 is 7.42. The molecule has 1 N–H and O–H groups in total. The summed E-state index contributed by atoms with van der Waals surface area (Å²) in [5, 5.41) is 4.32. The lowest BCUT2D eigenvalue weighted by atomic mass is 9.94. The number of aryl methyl sites for hydroxylation is 1. The molecule has 2 aliphatic rings. The first-order valence-electron chi connectivity index (χ1n) is 12.1. The van der Waals surface area contributed by atoms with Crippen molar-refractivity contribution in [2.24, 2.45) is 5.92 Å². The zero-order valence-corrected chi connectivity index (χ0v) is 20.8. The van der Waals surface area contributed by atoms with Gasteiger partial charge in [0.05, 0.1) is 24.8 Å². The van der Waals surface area contributed by atoms with Gasteiger partial charge in [-0.05, 0) is 74.4 Å². The Balaban J connectivity index is 1.52. The Morgan fingerprint density at radius 1 is 1.15 bits per heavy atom. The van der Waals surface area contributed by atoms with Crippen molar-refractivity contribution >= 4 is 29.0 Å². The molecular weight excluding hydrogens is 446 g/mol. The summed E-state index contributed by atoms with van der Waals surface area (Å²) in [7, 11) is 0. The predicted molar refractivity (Wildman–Crippen MR) is 135 cm³/mol. The topological polar surface area (TPSA) is 63.6 Å². The largest absolute Gasteiger partial charge is 0.462 e. The van der Waals surface area contributed by atoms with Gasteiger partial charge in [-0.1, -0.05) is 19.9 Å². The van der Waals surface area contributed by atoms with E-state index in [4.69, 9.17) is 4.74 Å². The predicted octanol–water partition coefficient (Wildman–Crippen LogP) is 6.34. The van der Waals surface area contributed by atoms with E-state index in [1.807, 2.05) is 22.3 Å². The minimum atomic E-state index is -0.388. The van der Waals surface area contributed by atoms with Gasteiger partial charge in [0.1, 0.15) is 5.00 Å². The molecule has 0 spiro atoms. The van der Waals surface area contributed by atoms with Crippen molar-refractivity contribution < 1.29 is 14.3 Å². The highest BCUT2D eigenvalue weighted by molar-refractivity contribution is 7.15. The molecular formula is C27H31N3O3S. The maximum atomic E-state index is 13.8. The van der Waals surface area contributed by atoms with Crippen LogP contribution in [0.2, 0.25) is 0 Å². The molecule has 1 aliphatic heterocycles. The van der Waals surface area contributed by atoms with Crippen LogP contribution in [0.5, 0.6) is 0 Å². The number of thiophene rings is 1. The van der Waals surface area contributed by atoms with Crippen molar-refractivity contribution in [3.05, 3.63) is 69.9 Å². The Morgan fingerprint density at radius 3 is 2.76 bits per heavy atom. The molecule has 34 heavy (non-hydrogen) atoms. The number of fused-ring (bicyclic) bond motifs is 5. The van der Waals surface area contributed by atoms with Crippen LogP contribution >= 0.6 is 11.3 Å². The second-order valence-electron chi connectivity index (χ2n) is 9.35. The first-order valence-corrected chi connectivity index (χ1v) is 13.0. The fraction of sp³-hybridized carbons (Fsp3) is 0.407. The smallest absolute Gasteiger partial charge is 0.338 e. The molecule has 0 fully saturated rings. The molecule has 1 aliphatic carbocycles. The molecule has 0 radical (unpaired) electrons. The van der Waals surface area contributed by atoms with Crippen LogP contribution in [0.3, 0.4) is 0 Å². The van der Waals surface area contributed by atoms with Gasteiger partial charge in [-0.2, -0.15) is 0 Å². The maximum Gasteiger partial charge on any atom is 0.338 e. The van der Waals surface area contributed by atoms with E-state index in [9.17, 15) is 9.59 Å². The average Bonchev–Trinajstić information content (AvgIpc) is 3.40. The summed E-state index contributed by atoms with van der Waals surface area (Å²) in [4.78, 5) is 29.4. The number of urea groups is 1. The molecule has 0 saturated heterocycles. The summed E-state index contributed by atoms with van der Waals surface area (Å²) in [6.07, 6.45) is 6.79. The Morgan fingerprint density at radius 2 is 1.97 bits per heavy atom. The van der Waals surface area contributed by atoms with Gasteiger partial charge < -0.3 is 19.5 Å². The van der Waals surface area contributed by atoms with Crippen molar-refractivity contribution in [2.45, 2.75) is 59.0 Å². The van der Waals surface area contributed by atoms with Crippen LogP contribution in [-0.4, -0.2) is 28.1 Å². The number of hydrogen-bond donors (Lipinski definition) is 1. The molecule has 1 aromatic carbocycles. The number of nitrogens with zero attached hydrogens (tertiary/aromatic N) is 2. The maximum absolute atomic E-state index is 13.8. The molecule has 178 valence electrons. The molecule has 5 rings (SSSR count). The number of rotatable bonds is 4. The number of ether oxygens (including phenoxy) is 1. The third-order valence-corrected chi connectivity index (χ3v) is 8.08. The van der Waals surface area contributed by atoms with Gasteiger partial charge in [0.15, 0.2) is 0 Å². The average molecular weight is 478 g/mol. The van der Waals surface area contributed by atoms with Crippen LogP contribution in [0.4, 0.5) is 10.5 Å². The van der Waals surface area contributed by atoms with Crippen molar-refractivity contribution in [1.82, 2.24) is 9.47 Å². The Labute approximate surface area is 204 Å². The second kappa shape index (κ2) is 9.29. The zero-order valence-electron chi connectivity index (χ0n) is 20.0. The van der Waals surface area contributed by atoms with Gasteiger partial charge in [0.25, 0.3) is 0 Å². The van der Waals surface area contributed by atoms with Crippen LogP contribution in [0.1, 0.15) is 71.7 Å². The molecule has 0 bridgehead atoms. The Kier molecular flexibility index (Phi) is 6.21. The van der Waals surface area contributed by atoms with E-state index in [0.717, 1.165) is 18.5 Å². The van der Waals surface area contributed by atoms with E-state index < -0.39 is 0 Å². The molecule has 6 nitrogen and oxygen atoms in total. The molecule has 7 heteroatoms. The number of anilines is 1. The van der Waals surface area contributed by atoms with Crippen LogP contribution in [0.15, 0.2) is 42.6 Å². The van der Waals surface area contributed by atoms with Crippen molar-refractivity contribution in [3.63, 3.8) is 0 Å². The monoisotopic (exact) mass is 477 g/mol. The van der Waals surface area contributed by atoms with E-state index in [2.05, 4.69) is 42.1 Å². The summed E-state index contributed by atoms with van der Waals surface area (Å²) >= 11 is 1.89. The van der Waals surface area contributed by atoms with E-state index in [-0.39, 0.29) is 24.0 Å². The van der Waals surface area contributed by atoms with Gasteiger partial charge in [-0.25, -0.2) is 9.59 Å². The summed E-state index contributed by atoms with van der Waals surface area (Å²) in [5.41, 5.74) is 4.89. The fourth-order valence-corrected chi connectivity index (χ4v) is 6.66. The van der Waals surface area contributed by atoms with Crippen molar-refractivity contribution in [1.29, 1.82) is 0 Å². The van der Waals surface area contributed by atoms with Gasteiger partial charge in [-0.15, -0.1) is 11.3 Å². The number of hydrogen-bond acceptors (Lipinski definition) is 4. The number of carbonyl (C=O) groups excluding carboxylic acids is 2. The van der Waals surface area contributed by atoms with Crippen LogP contribution in [0, 0.1) is 5.92 Å². The Bertz CT molecular complexity index is 1230. The molecule has 2 amide bonds. The third-order valence-electron chi connectivity index (χ3n) is 6.74. The number of aromatic nitrogens is 1. The summed E-state index contributed by atoms with van der Waals surface area (Å²) in [5.74, 6) is -0.157. The van der Waals surface area contributed by atoms with Crippen LogP contribution in [-0.2, 0) is 24.1 Å². The minimum absolute atomic E-state index is 0.0675. The van der Waals surface area contributed by atoms with Gasteiger partial charge in [-0.3, -0.25) is 0 Å². The normalized spacial score (nSPS) is 16.9. The van der Waals surface area contributed by atoms with E-state index in [0.29, 0.717) is 24.4 Å². The molecule has 3 heterocycles. The summed E-state index contributed by atoms with van der Waals surface area (Å²) in [6, 6.07) is 11.0. The Hall–Kier alpha value is -3.06. The minimum Gasteiger partial charge on any atom is -0.462 e. The second-order valence-corrected chi connectivity index (χ2v) is 10.4. The fourth-order valence-electron chi connectivity index (χ4n) is 5.26. The first kappa shape index (κ1) is 22.7. The lowest BCUT2D eigenvalue weighted by Crippen LogP contribution is -2.39. The van der Waals surface area contributed by atoms with Gasteiger partial charge in [0, 0.05) is 28.0 Å². The van der Waals surface area contributed by atoms with Crippen molar-refractivity contribution in [3.8, 4) is 5.00 Å². The van der Waals surface area contributed by atoms with E-state index >= 15 is 0 Å². The number of benzene rings is 1. The van der Waals surface area contributed by atoms with Crippen molar-refractivity contribution in [2.75, 3.05) is 11.9 Å². The SMILES string of the molecule is CCOC(=O)c1cccc(NC(=O)N2Cc3c(sc4c3CCCC4)-n3cccc3[C@@H]2C(C)C)c1. The first-order chi connectivity index (χ1) is 16.5. The molecule has 1 atom stereocenters. The van der Waals surface area contributed by atoms with E-state index in [1.54, 1.807) is 25.1 Å². The van der Waals surface area contributed by atoms with Crippen LogP contribution < -0.4 is 5.32 Å². The molecule has 0 saturated carbocycles. The summed E-state index contributed by atoms with van der Waals surface area (Å²) in [6.45, 7) is 7.00. The number of carbonyl (C=O) groups is 2. The zero-order chi connectivity index (χ0) is 23.8. The highest BCUT2D eigenvalue weighted by Crippen LogP contribution is 2.44. The number of amides is 2. The van der Waals surface area contributed by atoms with Crippen LogP contribution in [0.25, 0.3) is 5.00 Å².